The second-order valence-corrected chi connectivity index (χ2v) is 9.75. The Morgan fingerprint density at radius 2 is 1.76 bits per heavy atom. The third-order valence-electron chi connectivity index (χ3n) is 6.37. The van der Waals surface area contributed by atoms with Gasteiger partial charge in [0, 0.05) is 30.6 Å². The fraction of sp³-hybridized carbons (Fsp3) is 0.333. The summed E-state index contributed by atoms with van der Waals surface area (Å²) >= 11 is 1.74. The number of fused-ring (bicyclic) bond motifs is 1. The SMILES string of the molecule is Cc1c(-c2ccccc2)sc2ncnc(N3CCC(NCC(O)COc4ccccc4)CC3)c12. The van der Waals surface area contributed by atoms with Gasteiger partial charge in [-0.3, -0.25) is 0 Å². The highest BCUT2D eigenvalue weighted by molar-refractivity contribution is 7.22. The number of aliphatic hydroxyl groups excluding tert-OH is 1. The van der Waals surface area contributed by atoms with Crippen LogP contribution >= 0.6 is 11.3 Å². The van der Waals surface area contributed by atoms with Gasteiger partial charge in [-0.15, -0.1) is 11.3 Å². The molecule has 176 valence electrons. The number of aliphatic hydroxyl groups is 1. The molecule has 2 aromatic carbocycles. The molecule has 0 saturated carbocycles. The summed E-state index contributed by atoms with van der Waals surface area (Å²) in [6.07, 6.45) is 3.17. The summed E-state index contributed by atoms with van der Waals surface area (Å²) in [5, 5.41) is 15.0. The van der Waals surface area contributed by atoms with Gasteiger partial charge in [0.1, 0.15) is 35.4 Å². The Bertz CT molecular complexity index is 1210. The zero-order valence-electron chi connectivity index (χ0n) is 19.4. The van der Waals surface area contributed by atoms with Crippen molar-refractivity contribution >= 4 is 27.4 Å². The highest BCUT2D eigenvalue weighted by Crippen LogP contribution is 2.40. The minimum atomic E-state index is -0.537. The van der Waals surface area contributed by atoms with Crippen molar-refractivity contribution in [2.75, 3.05) is 31.1 Å². The molecule has 7 heteroatoms. The fourth-order valence-corrected chi connectivity index (χ4v) is 5.67. The van der Waals surface area contributed by atoms with Crippen LogP contribution in [0.2, 0.25) is 0 Å². The van der Waals surface area contributed by atoms with E-state index in [1.54, 1.807) is 17.7 Å². The lowest BCUT2D eigenvalue weighted by Gasteiger charge is -2.34. The van der Waals surface area contributed by atoms with Crippen LogP contribution in [0, 0.1) is 6.92 Å². The molecule has 2 aromatic heterocycles. The molecule has 1 aliphatic rings. The zero-order chi connectivity index (χ0) is 23.3. The standard InChI is InChI=1S/C27H30N4O2S/c1-19-24-26(29-18-30-27(24)34-25(19)20-8-4-2-5-9-20)31-14-12-21(13-15-31)28-16-22(32)17-33-23-10-6-3-7-11-23/h2-11,18,21-22,28,32H,12-17H2,1H3. The minimum Gasteiger partial charge on any atom is -0.491 e. The summed E-state index contributed by atoms with van der Waals surface area (Å²) in [6.45, 7) is 4.85. The quantitative estimate of drug-likeness (QED) is 0.387. The number of ether oxygens (including phenoxy) is 1. The number of piperidine rings is 1. The van der Waals surface area contributed by atoms with Crippen LogP contribution in [-0.2, 0) is 0 Å². The van der Waals surface area contributed by atoms with E-state index in [0.29, 0.717) is 12.6 Å². The molecule has 5 rings (SSSR count). The van der Waals surface area contributed by atoms with E-state index in [2.05, 4.69) is 46.4 Å². The van der Waals surface area contributed by atoms with Crippen molar-refractivity contribution in [3.63, 3.8) is 0 Å². The number of hydrogen-bond acceptors (Lipinski definition) is 7. The molecule has 0 aliphatic carbocycles. The first-order valence-corrected chi connectivity index (χ1v) is 12.6. The van der Waals surface area contributed by atoms with Gasteiger partial charge in [-0.05, 0) is 43.0 Å². The number of nitrogens with one attached hydrogen (secondary N) is 1. The first-order valence-electron chi connectivity index (χ1n) is 11.8. The maximum atomic E-state index is 10.3. The average molecular weight is 475 g/mol. The van der Waals surface area contributed by atoms with Crippen molar-refractivity contribution in [3.05, 3.63) is 72.6 Å². The van der Waals surface area contributed by atoms with Gasteiger partial charge in [0.2, 0.25) is 0 Å². The molecule has 3 heterocycles. The monoisotopic (exact) mass is 474 g/mol. The molecule has 1 fully saturated rings. The number of thiophene rings is 1. The fourth-order valence-electron chi connectivity index (χ4n) is 4.52. The predicted molar refractivity (Wildman–Crippen MR) is 139 cm³/mol. The molecule has 1 aliphatic heterocycles. The molecule has 0 bridgehead atoms. The van der Waals surface area contributed by atoms with Crippen LogP contribution in [0.3, 0.4) is 0 Å². The van der Waals surface area contributed by atoms with E-state index in [1.807, 2.05) is 36.4 Å². The predicted octanol–water partition coefficient (Wildman–Crippen LogP) is 4.67. The normalized spacial score (nSPS) is 15.5. The molecule has 0 radical (unpaired) electrons. The van der Waals surface area contributed by atoms with E-state index >= 15 is 0 Å². The number of nitrogens with zero attached hydrogens (tertiary/aromatic N) is 3. The van der Waals surface area contributed by atoms with Crippen LogP contribution in [0.1, 0.15) is 18.4 Å². The van der Waals surface area contributed by atoms with E-state index in [4.69, 9.17) is 9.72 Å². The molecule has 1 saturated heterocycles. The second-order valence-electron chi connectivity index (χ2n) is 8.75. The van der Waals surface area contributed by atoms with Crippen molar-refractivity contribution in [1.82, 2.24) is 15.3 Å². The summed E-state index contributed by atoms with van der Waals surface area (Å²) in [6, 6.07) is 20.5. The van der Waals surface area contributed by atoms with Crippen molar-refractivity contribution < 1.29 is 9.84 Å². The molecule has 1 atom stereocenters. The third kappa shape index (κ3) is 5.06. The van der Waals surface area contributed by atoms with Crippen molar-refractivity contribution in [3.8, 4) is 16.2 Å². The molecule has 4 aromatic rings. The lowest BCUT2D eigenvalue weighted by atomic mass is 10.0. The number of anilines is 1. The van der Waals surface area contributed by atoms with Crippen LogP contribution in [0.15, 0.2) is 67.0 Å². The molecule has 0 amide bonds. The second kappa shape index (κ2) is 10.5. The Hall–Kier alpha value is -3.00. The number of hydrogen-bond donors (Lipinski definition) is 2. The molecular weight excluding hydrogens is 444 g/mol. The Balaban J connectivity index is 1.19. The largest absolute Gasteiger partial charge is 0.491 e. The highest BCUT2D eigenvalue weighted by Gasteiger charge is 2.24. The number of aromatic nitrogens is 2. The van der Waals surface area contributed by atoms with E-state index < -0.39 is 6.10 Å². The van der Waals surface area contributed by atoms with Crippen LogP contribution in [0.4, 0.5) is 5.82 Å². The molecule has 6 nitrogen and oxygen atoms in total. The van der Waals surface area contributed by atoms with E-state index in [9.17, 15) is 5.11 Å². The first kappa shape index (κ1) is 22.8. The van der Waals surface area contributed by atoms with Crippen LogP contribution in [0.5, 0.6) is 5.75 Å². The van der Waals surface area contributed by atoms with Gasteiger partial charge in [0.15, 0.2) is 0 Å². The Labute approximate surface area is 204 Å². The average Bonchev–Trinajstić information content (AvgIpc) is 3.24. The summed E-state index contributed by atoms with van der Waals surface area (Å²) < 4.78 is 5.66. The maximum Gasteiger partial charge on any atom is 0.141 e. The lowest BCUT2D eigenvalue weighted by molar-refractivity contribution is 0.102. The summed E-state index contributed by atoms with van der Waals surface area (Å²) in [5.41, 5.74) is 2.48. The molecule has 1 unspecified atom stereocenters. The van der Waals surface area contributed by atoms with E-state index in [0.717, 1.165) is 42.3 Å². The first-order chi connectivity index (χ1) is 16.7. The Morgan fingerprint density at radius 3 is 2.50 bits per heavy atom. The number of benzene rings is 2. The lowest BCUT2D eigenvalue weighted by Crippen LogP contribution is -2.45. The third-order valence-corrected chi connectivity index (χ3v) is 7.61. The van der Waals surface area contributed by atoms with Crippen molar-refractivity contribution in [2.45, 2.75) is 31.9 Å². The van der Waals surface area contributed by atoms with Crippen LogP contribution in [-0.4, -0.2) is 53.5 Å². The molecule has 0 spiro atoms. The maximum absolute atomic E-state index is 10.3. The van der Waals surface area contributed by atoms with E-state index in [1.165, 1.54) is 21.4 Å². The number of aryl methyl sites for hydroxylation is 1. The number of para-hydroxylation sites is 1. The van der Waals surface area contributed by atoms with Crippen LogP contribution in [0.25, 0.3) is 20.7 Å². The summed E-state index contributed by atoms with van der Waals surface area (Å²) in [4.78, 5) is 14.0. The van der Waals surface area contributed by atoms with Crippen molar-refractivity contribution in [1.29, 1.82) is 0 Å². The van der Waals surface area contributed by atoms with Gasteiger partial charge in [-0.1, -0.05) is 48.5 Å². The van der Waals surface area contributed by atoms with Gasteiger partial charge < -0.3 is 20.1 Å². The Kier molecular flexibility index (Phi) is 7.04. The zero-order valence-corrected chi connectivity index (χ0v) is 20.2. The van der Waals surface area contributed by atoms with Crippen LogP contribution < -0.4 is 15.0 Å². The molecule has 2 N–H and O–H groups in total. The van der Waals surface area contributed by atoms with Gasteiger partial charge in [-0.2, -0.15) is 0 Å². The van der Waals surface area contributed by atoms with Crippen molar-refractivity contribution in [2.24, 2.45) is 0 Å². The number of rotatable bonds is 8. The minimum absolute atomic E-state index is 0.288. The van der Waals surface area contributed by atoms with E-state index in [-0.39, 0.29) is 6.61 Å². The summed E-state index contributed by atoms with van der Waals surface area (Å²) in [7, 11) is 0. The van der Waals surface area contributed by atoms with Gasteiger partial charge >= 0.3 is 0 Å². The summed E-state index contributed by atoms with van der Waals surface area (Å²) in [5.74, 6) is 1.82. The topological polar surface area (TPSA) is 70.5 Å². The highest BCUT2D eigenvalue weighted by atomic mass is 32.1. The van der Waals surface area contributed by atoms with Gasteiger partial charge in [-0.25, -0.2) is 9.97 Å². The molecular formula is C27H30N4O2S. The molecule has 34 heavy (non-hydrogen) atoms. The van der Waals surface area contributed by atoms with Gasteiger partial charge in [0.05, 0.1) is 5.39 Å². The smallest absolute Gasteiger partial charge is 0.141 e. The van der Waals surface area contributed by atoms with Gasteiger partial charge in [0.25, 0.3) is 0 Å². The Morgan fingerprint density at radius 1 is 1.06 bits per heavy atom.